The molecule has 1 saturated heterocycles. The first-order valence-electron chi connectivity index (χ1n) is 8.60. The second-order valence-electron chi connectivity index (χ2n) is 6.59. The monoisotopic (exact) mass is 333 g/mol. The lowest BCUT2D eigenvalue weighted by Gasteiger charge is -2.39. The molecule has 0 amide bonds. The lowest BCUT2D eigenvalue weighted by molar-refractivity contribution is 0.0147. The topological polar surface area (TPSA) is 30.9 Å². The molecule has 3 aromatic carbocycles. The minimum Gasteiger partial charge on any atom is -0.488 e. The highest BCUT2D eigenvalue weighted by molar-refractivity contribution is 5.85. The predicted octanol–water partition coefficient (Wildman–Crippen LogP) is 3.83. The molecule has 0 aromatic heterocycles. The van der Waals surface area contributed by atoms with Gasteiger partial charge in [0.1, 0.15) is 11.9 Å². The van der Waals surface area contributed by atoms with Crippen LogP contribution in [0, 0.1) is 0 Å². The van der Waals surface area contributed by atoms with E-state index in [0.29, 0.717) is 6.79 Å². The van der Waals surface area contributed by atoms with Crippen molar-refractivity contribution in [2.45, 2.75) is 12.6 Å². The molecule has 25 heavy (non-hydrogen) atoms. The second kappa shape index (κ2) is 5.97. The summed E-state index contributed by atoms with van der Waals surface area (Å²) in [5.74, 6) is 2.40. The highest BCUT2D eigenvalue weighted by Crippen LogP contribution is 2.36. The van der Waals surface area contributed by atoms with E-state index >= 15 is 0 Å². The van der Waals surface area contributed by atoms with Crippen molar-refractivity contribution in [3.05, 3.63) is 66.2 Å². The number of rotatable bonds is 4. The van der Waals surface area contributed by atoms with Gasteiger partial charge in [0, 0.05) is 25.7 Å². The van der Waals surface area contributed by atoms with Crippen LogP contribution in [0.4, 0.5) is 0 Å². The van der Waals surface area contributed by atoms with Gasteiger partial charge in [0.2, 0.25) is 6.79 Å². The van der Waals surface area contributed by atoms with E-state index in [9.17, 15) is 0 Å². The van der Waals surface area contributed by atoms with E-state index < -0.39 is 0 Å². The van der Waals surface area contributed by atoms with Gasteiger partial charge in [-0.1, -0.05) is 42.5 Å². The Bertz CT molecular complexity index is 913. The summed E-state index contributed by atoms with van der Waals surface area (Å²) in [6, 6.07) is 20.8. The summed E-state index contributed by atoms with van der Waals surface area (Å²) in [6.45, 7) is 3.14. The second-order valence-corrected chi connectivity index (χ2v) is 6.59. The van der Waals surface area contributed by atoms with Gasteiger partial charge in [0.25, 0.3) is 0 Å². The van der Waals surface area contributed by atoms with Crippen molar-refractivity contribution in [3.8, 4) is 17.2 Å². The average molecular weight is 333 g/mol. The highest BCUT2D eigenvalue weighted by atomic mass is 16.7. The molecule has 0 aliphatic carbocycles. The molecule has 5 rings (SSSR count). The van der Waals surface area contributed by atoms with E-state index in [1.165, 1.54) is 16.3 Å². The zero-order valence-electron chi connectivity index (χ0n) is 13.9. The van der Waals surface area contributed by atoms with Crippen molar-refractivity contribution in [1.82, 2.24) is 4.90 Å². The Hall–Kier alpha value is -2.72. The third-order valence-corrected chi connectivity index (χ3v) is 4.84. The van der Waals surface area contributed by atoms with Crippen LogP contribution in [0.3, 0.4) is 0 Å². The number of ether oxygens (including phenoxy) is 3. The van der Waals surface area contributed by atoms with Crippen molar-refractivity contribution in [1.29, 1.82) is 0 Å². The van der Waals surface area contributed by atoms with Crippen LogP contribution in [0.25, 0.3) is 10.8 Å². The summed E-state index contributed by atoms with van der Waals surface area (Å²) < 4.78 is 16.8. The summed E-state index contributed by atoms with van der Waals surface area (Å²) in [6.07, 6.45) is 0.232. The lowest BCUT2D eigenvalue weighted by Crippen LogP contribution is -2.53. The van der Waals surface area contributed by atoms with Gasteiger partial charge in [-0.2, -0.15) is 0 Å². The maximum atomic E-state index is 6.05. The molecule has 2 heterocycles. The smallest absolute Gasteiger partial charge is 0.231 e. The Kier molecular flexibility index (Phi) is 3.49. The maximum Gasteiger partial charge on any atom is 0.231 e. The van der Waals surface area contributed by atoms with Gasteiger partial charge in [-0.25, -0.2) is 0 Å². The zero-order valence-corrected chi connectivity index (χ0v) is 13.9. The minimum atomic E-state index is 0.232. The summed E-state index contributed by atoms with van der Waals surface area (Å²) >= 11 is 0. The van der Waals surface area contributed by atoms with Crippen LogP contribution in [-0.2, 0) is 6.54 Å². The first-order chi connectivity index (χ1) is 12.3. The van der Waals surface area contributed by atoms with E-state index in [0.717, 1.165) is 36.9 Å². The highest BCUT2D eigenvalue weighted by Gasteiger charge is 2.29. The first-order valence-corrected chi connectivity index (χ1v) is 8.60. The van der Waals surface area contributed by atoms with Gasteiger partial charge in [-0.05, 0) is 28.5 Å². The molecule has 126 valence electrons. The van der Waals surface area contributed by atoms with Crippen molar-refractivity contribution in [2.24, 2.45) is 0 Å². The number of hydrogen-bond acceptors (Lipinski definition) is 4. The molecule has 0 bridgehead atoms. The van der Waals surface area contributed by atoms with Crippen molar-refractivity contribution in [3.63, 3.8) is 0 Å². The van der Waals surface area contributed by atoms with Crippen LogP contribution in [-0.4, -0.2) is 30.9 Å². The third-order valence-electron chi connectivity index (χ3n) is 4.84. The third kappa shape index (κ3) is 2.79. The Morgan fingerprint density at radius 2 is 1.76 bits per heavy atom. The van der Waals surface area contributed by atoms with E-state index in [2.05, 4.69) is 47.4 Å². The molecular formula is C21H19NO3. The van der Waals surface area contributed by atoms with Crippen molar-refractivity contribution >= 4 is 10.8 Å². The van der Waals surface area contributed by atoms with Crippen LogP contribution < -0.4 is 14.2 Å². The fraction of sp³-hybridized carbons (Fsp3) is 0.238. The molecular weight excluding hydrogens is 314 g/mol. The Labute approximate surface area is 146 Å². The van der Waals surface area contributed by atoms with Gasteiger partial charge in [-0.15, -0.1) is 0 Å². The standard InChI is InChI=1S/C21H19NO3/c1-2-7-19-15(4-1)5-3-6-16(19)11-22-12-18(13-22)25-17-8-9-20-21(10-17)24-14-23-20/h1-10,18H,11-14H2. The molecule has 0 N–H and O–H groups in total. The fourth-order valence-corrected chi connectivity index (χ4v) is 3.54. The molecule has 3 aromatic rings. The molecule has 4 heteroatoms. The average Bonchev–Trinajstić information content (AvgIpc) is 3.08. The number of hydrogen-bond donors (Lipinski definition) is 0. The van der Waals surface area contributed by atoms with Crippen LogP contribution in [0.1, 0.15) is 5.56 Å². The summed E-state index contributed by atoms with van der Waals surface area (Å²) in [7, 11) is 0. The van der Waals surface area contributed by atoms with Crippen molar-refractivity contribution < 1.29 is 14.2 Å². The van der Waals surface area contributed by atoms with Gasteiger partial charge in [-0.3, -0.25) is 4.90 Å². The number of benzene rings is 3. The Morgan fingerprint density at radius 3 is 2.72 bits per heavy atom. The number of nitrogens with zero attached hydrogens (tertiary/aromatic N) is 1. The first kappa shape index (κ1) is 14.6. The Morgan fingerprint density at radius 1 is 0.920 bits per heavy atom. The molecule has 2 aliphatic rings. The minimum absolute atomic E-state index is 0.232. The van der Waals surface area contributed by atoms with Gasteiger partial charge in [0.05, 0.1) is 0 Å². The van der Waals surface area contributed by atoms with Crippen LogP contribution in [0.15, 0.2) is 60.7 Å². The molecule has 2 aliphatic heterocycles. The largest absolute Gasteiger partial charge is 0.488 e. The molecule has 1 fully saturated rings. The van der Waals surface area contributed by atoms with Gasteiger partial charge in [0.15, 0.2) is 11.5 Å². The van der Waals surface area contributed by atoms with E-state index in [-0.39, 0.29) is 6.10 Å². The SMILES string of the molecule is c1ccc2c(CN3CC(Oc4ccc5c(c4)OCO5)C3)cccc2c1. The zero-order chi connectivity index (χ0) is 16.6. The van der Waals surface area contributed by atoms with E-state index in [1.807, 2.05) is 18.2 Å². The normalized spacial score (nSPS) is 16.8. The molecule has 0 atom stereocenters. The number of fused-ring (bicyclic) bond motifs is 2. The molecule has 0 unspecified atom stereocenters. The predicted molar refractivity (Wildman–Crippen MR) is 96.2 cm³/mol. The number of likely N-dealkylation sites (tertiary alicyclic amines) is 1. The van der Waals surface area contributed by atoms with Crippen LogP contribution >= 0.6 is 0 Å². The quantitative estimate of drug-likeness (QED) is 0.726. The molecule has 0 spiro atoms. The molecule has 4 nitrogen and oxygen atoms in total. The van der Waals surface area contributed by atoms with E-state index in [4.69, 9.17) is 14.2 Å². The summed E-state index contributed by atoms with van der Waals surface area (Å²) in [4.78, 5) is 2.42. The lowest BCUT2D eigenvalue weighted by atomic mass is 10.0. The van der Waals surface area contributed by atoms with E-state index in [1.54, 1.807) is 0 Å². The summed E-state index contributed by atoms with van der Waals surface area (Å²) in [5.41, 5.74) is 1.37. The fourth-order valence-electron chi connectivity index (χ4n) is 3.54. The van der Waals surface area contributed by atoms with Crippen molar-refractivity contribution in [2.75, 3.05) is 19.9 Å². The van der Waals surface area contributed by atoms with Crippen LogP contribution in [0.5, 0.6) is 17.2 Å². The molecule has 0 saturated carbocycles. The van der Waals surface area contributed by atoms with Gasteiger partial charge < -0.3 is 14.2 Å². The van der Waals surface area contributed by atoms with Crippen LogP contribution in [0.2, 0.25) is 0 Å². The molecule has 0 radical (unpaired) electrons. The van der Waals surface area contributed by atoms with Gasteiger partial charge >= 0.3 is 0 Å². The summed E-state index contributed by atoms with van der Waals surface area (Å²) in [5, 5.41) is 2.64. The maximum absolute atomic E-state index is 6.05. The Balaban J connectivity index is 1.22.